The zero-order chi connectivity index (χ0) is 27.3. The van der Waals surface area contributed by atoms with Gasteiger partial charge in [-0.2, -0.15) is 4.39 Å². The van der Waals surface area contributed by atoms with Crippen LogP contribution in [0.5, 0.6) is 0 Å². The summed E-state index contributed by atoms with van der Waals surface area (Å²) in [5.41, 5.74) is 4.57. The highest BCUT2D eigenvalue weighted by atomic mass is 35.5. The van der Waals surface area contributed by atoms with Gasteiger partial charge >= 0.3 is 11.7 Å². The molecule has 1 aliphatic rings. The lowest BCUT2D eigenvalue weighted by atomic mass is 9.98. The summed E-state index contributed by atoms with van der Waals surface area (Å²) >= 11 is 0. The molecule has 0 bridgehead atoms. The fourth-order valence-electron chi connectivity index (χ4n) is 3.89. The van der Waals surface area contributed by atoms with Crippen molar-refractivity contribution in [2.75, 3.05) is 6.61 Å². The predicted octanol–water partition coefficient (Wildman–Crippen LogP) is -0.639. The molecule has 1 saturated heterocycles. The molecule has 1 aromatic carbocycles. The molecule has 6 N–H and O–H groups in total. The van der Waals surface area contributed by atoms with E-state index >= 15 is 0 Å². The third-order valence-electron chi connectivity index (χ3n) is 6.33. The van der Waals surface area contributed by atoms with E-state index in [0.717, 1.165) is 5.56 Å². The number of halogens is 2. The average Bonchev–Trinajstić information content (AvgIpc) is 3.16. The van der Waals surface area contributed by atoms with Crippen LogP contribution in [-0.2, 0) is 25.5 Å². The number of hydrogen-bond donors (Lipinski definition) is 5. The van der Waals surface area contributed by atoms with Crippen LogP contribution in [0.4, 0.5) is 4.39 Å². The Hall–Kier alpha value is -3.10. The Morgan fingerprint density at radius 1 is 1.24 bits per heavy atom. The largest absolute Gasteiger partial charge is 0.461 e. The van der Waals surface area contributed by atoms with Crippen molar-refractivity contribution in [3.63, 3.8) is 0 Å². The third-order valence-corrected chi connectivity index (χ3v) is 6.33. The number of aliphatic hydroxyl groups excluding tert-OH is 2. The van der Waals surface area contributed by atoms with Crippen LogP contribution in [0.3, 0.4) is 0 Å². The number of aromatic nitrogens is 2. The number of H-pyrrole nitrogens is 1. The summed E-state index contributed by atoms with van der Waals surface area (Å²) in [5, 5.41) is 23.3. The molecule has 3 rings (SSSR count). The highest BCUT2D eigenvalue weighted by Crippen LogP contribution is 2.28. The molecule has 14 heteroatoms. The minimum atomic E-state index is -1.69. The van der Waals surface area contributed by atoms with Gasteiger partial charge in [0.15, 0.2) is 6.23 Å². The first-order valence-corrected chi connectivity index (χ1v) is 11.8. The second kappa shape index (κ2) is 13.6. The summed E-state index contributed by atoms with van der Waals surface area (Å²) < 4.78 is 25.0. The molecule has 1 aliphatic heterocycles. The molecule has 1 aromatic heterocycles. The summed E-state index contributed by atoms with van der Waals surface area (Å²) in [5.74, 6) is -2.97. The van der Waals surface area contributed by atoms with Gasteiger partial charge in [-0.25, -0.2) is 9.59 Å². The molecule has 0 aliphatic carbocycles. The molecule has 0 spiro atoms. The van der Waals surface area contributed by atoms with Crippen LogP contribution in [-0.4, -0.2) is 68.6 Å². The predicted molar refractivity (Wildman–Crippen MR) is 135 cm³/mol. The molecule has 2 unspecified atom stereocenters. The van der Waals surface area contributed by atoms with Gasteiger partial charge in [0.2, 0.25) is 11.7 Å². The Morgan fingerprint density at radius 3 is 2.53 bits per heavy atom. The van der Waals surface area contributed by atoms with Crippen molar-refractivity contribution < 1.29 is 33.7 Å². The summed E-state index contributed by atoms with van der Waals surface area (Å²) in [7, 11) is 0. The Labute approximate surface area is 223 Å². The van der Waals surface area contributed by atoms with Gasteiger partial charge in [-0.3, -0.25) is 19.1 Å². The van der Waals surface area contributed by atoms with Crippen LogP contribution >= 0.6 is 12.4 Å². The van der Waals surface area contributed by atoms with E-state index in [4.69, 9.17) is 15.2 Å². The second-order valence-corrected chi connectivity index (χ2v) is 8.99. The first-order chi connectivity index (χ1) is 17.5. The lowest BCUT2D eigenvalue weighted by molar-refractivity contribution is -0.155. The molecule has 0 saturated carbocycles. The van der Waals surface area contributed by atoms with E-state index in [-0.39, 0.29) is 24.7 Å². The van der Waals surface area contributed by atoms with E-state index in [0.29, 0.717) is 17.2 Å². The number of benzene rings is 1. The van der Waals surface area contributed by atoms with Gasteiger partial charge in [-0.05, 0) is 17.9 Å². The Bertz CT molecular complexity index is 1210. The van der Waals surface area contributed by atoms with Crippen molar-refractivity contribution in [3.05, 3.63) is 68.7 Å². The number of amides is 1. The van der Waals surface area contributed by atoms with Gasteiger partial charge in [-0.15, -0.1) is 12.4 Å². The summed E-state index contributed by atoms with van der Waals surface area (Å²) in [6.07, 6.45) is -4.77. The number of rotatable bonds is 10. The third kappa shape index (κ3) is 7.26. The minimum absolute atomic E-state index is 0. The smallest absolute Gasteiger partial charge is 0.330 e. The zero-order valence-corrected chi connectivity index (χ0v) is 21.6. The topological polar surface area (TPSA) is 186 Å². The number of nitrogens with two attached hydrogens (primary N) is 1. The van der Waals surface area contributed by atoms with Crippen LogP contribution < -0.4 is 22.3 Å². The van der Waals surface area contributed by atoms with Crippen LogP contribution in [0.1, 0.15) is 32.1 Å². The van der Waals surface area contributed by atoms with E-state index in [1.807, 2.05) is 37.3 Å². The normalized spacial score (nSPS) is 23.1. The molecule has 1 fully saturated rings. The van der Waals surface area contributed by atoms with Crippen molar-refractivity contribution in [2.45, 2.75) is 63.3 Å². The van der Waals surface area contributed by atoms with Gasteiger partial charge in [0, 0.05) is 0 Å². The van der Waals surface area contributed by atoms with Gasteiger partial charge in [0.1, 0.15) is 31.0 Å². The van der Waals surface area contributed by atoms with Gasteiger partial charge in [-0.1, -0.05) is 50.6 Å². The maximum atomic E-state index is 13.7. The van der Waals surface area contributed by atoms with Crippen LogP contribution in [0.15, 0.2) is 46.1 Å². The fourth-order valence-corrected chi connectivity index (χ4v) is 3.89. The lowest BCUT2D eigenvalue weighted by Gasteiger charge is -2.25. The van der Waals surface area contributed by atoms with Gasteiger partial charge in [0.25, 0.3) is 5.56 Å². The molecule has 2 aromatic rings. The van der Waals surface area contributed by atoms with Crippen molar-refractivity contribution in [1.82, 2.24) is 14.9 Å². The first-order valence-electron chi connectivity index (χ1n) is 11.8. The van der Waals surface area contributed by atoms with Crippen molar-refractivity contribution in [2.24, 2.45) is 11.7 Å². The average molecular weight is 559 g/mol. The van der Waals surface area contributed by atoms with E-state index in [1.165, 1.54) is 0 Å². The van der Waals surface area contributed by atoms with Crippen LogP contribution in [0.25, 0.3) is 0 Å². The highest BCUT2D eigenvalue weighted by Gasteiger charge is 2.45. The number of nitrogens with zero attached hydrogens (tertiary/aromatic N) is 1. The summed E-state index contributed by atoms with van der Waals surface area (Å²) in [6, 6.07) is 7.19. The summed E-state index contributed by atoms with van der Waals surface area (Å²) in [6.45, 7) is 3.03. The number of carbonyl (C=O) groups is 2. The fraction of sp³-hybridized carbons (Fsp3) is 0.500. The molecular weight excluding hydrogens is 527 g/mol. The van der Waals surface area contributed by atoms with Crippen LogP contribution in [0, 0.1) is 11.7 Å². The molecule has 210 valence electrons. The molecule has 0 radical (unpaired) electrons. The van der Waals surface area contributed by atoms with E-state index in [9.17, 15) is 33.8 Å². The summed E-state index contributed by atoms with van der Waals surface area (Å²) in [4.78, 5) is 50.6. The maximum Gasteiger partial charge on any atom is 0.330 e. The van der Waals surface area contributed by atoms with Crippen molar-refractivity contribution >= 4 is 24.3 Å². The van der Waals surface area contributed by atoms with E-state index in [1.54, 1.807) is 11.9 Å². The minimum Gasteiger partial charge on any atom is -0.461 e. The second-order valence-electron chi connectivity index (χ2n) is 8.99. The van der Waals surface area contributed by atoms with Gasteiger partial charge in [0.05, 0.1) is 12.2 Å². The van der Waals surface area contributed by atoms with E-state index in [2.05, 4.69) is 5.32 Å². The van der Waals surface area contributed by atoms with Crippen LogP contribution in [0.2, 0.25) is 0 Å². The lowest BCUT2D eigenvalue weighted by Crippen LogP contribution is -2.52. The number of ether oxygens (including phenoxy) is 2. The quantitative estimate of drug-likeness (QED) is 0.236. The monoisotopic (exact) mass is 558 g/mol. The SMILES string of the molecule is CC[C@H](C)[C@H](NC(=O)[C@@H](N)Cc1ccccc1)C(=O)OC[C@@H]1O[C@H](n2cc(F)c(=O)[nH]c2=O)C(O)C1O.Cl. The highest BCUT2D eigenvalue weighted by molar-refractivity contribution is 5.87. The van der Waals surface area contributed by atoms with Crippen molar-refractivity contribution in [3.8, 4) is 0 Å². The van der Waals surface area contributed by atoms with Crippen molar-refractivity contribution in [1.29, 1.82) is 0 Å². The zero-order valence-electron chi connectivity index (χ0n) is 20.8. The molecular formula is C24H32ClFN4O8. The molecule has 1 amide bonds. The molecule has 12 nitrogen and oxygen atoms in total. The maximum absolute atomic E-state index is 13.7. The van der Waals surface area contributed by atoms with Gasteiger partial charge < -0.3 is 30.7 Å². The standard InChI is InChI=1S/C24H31FN4O8.ClH/c1-3-12(2)17(27-21(33)15(26)9-13-7-5-4-6-8-13)23(34)36-11-16-18(30)19(31)22(37-16)29-10-14(25)20(32)28-24(29)35;/h4-8,10,12,15-19,22,30-31H,3,9,11,26H2,1-2H3,(H,27,33)(H,28,32,35);1H/t12-,15-,16-,17-,18?,19?,22-;/m0./s1. The number of hydrogen-bond acceptors (Lipinski definition) is 9. The Balaban J connectivity index is 0.00000507. The number of aliphatic hydroxyl groups is 2. The first kappa shape index (κ1) is 31.1. The Morgan fingerprint density at radius 2 is 1.89 bits per heavy atom. The van der Waals surface area contributed by atoms with E-state index < -0.39 is 72.2 Å². The Kier molecular flexibility index (Phi) is 11.2. The number of esters is 1. The molecule has 38 heavy (non-hydrogen) atoms. The number of nitrogens with one attached hydrogen (secondary N) is 2. The number of aromatic amines is 1. The molecule has 2 heterocycles. The number of carbonyl (C=O) groups excluding carboxylic acids is 2. The molecule has 7 atom stereocenters.